The third-order valence-electron chi connectivity index (χ3n) is 4.48. The zero-order valence-corrected chi connectivity index (χ0v) is 19.6. The second-order valence-corrected chi connectivity index (χ2v) is 7.88. The number of carbonyl (C=O) groups is 4. The van der Waals surface area contributed by atoms with Crippen molar-refractivity contribution >= 4 is 35.1 Å². The van der Waals surface area contributed by atoms with Gasteiger partial charge in [0, 0.05) is 18.5 Å². The van der Waals surface area contributed by atoms with Gasteiger partial charge in [-0.25, -0.2) is 4.79 Å². The molecule has 0 aliphatic carbocycles. The van der Waals surface area contributed by atoms with E-state index in [-0.39, 0.29) is 31.1 Å². The predicted octanol–water partition coefficient (Wildman–Crippen LogP) is 3.80. The quantitative estimate of drug-likeness (QED) is 0.453. The lowest BCUT2D eigenvalue weighted by Crippen LogP contribution is -2.21. The second-order valence-electron chi connectivity index (χ2n) is 7.88. The van der Waals surface area contributed by atoms with Gasteiger partial charge in [-0.3, -0.25) is 14.4 Å². The van der Waals surface area contributed by atoms with Gasteiger partial charge >= 0.3 is 11.9 Å². The van der Waals surface area contributed by atoms with Crippen LogP contribution in [0.1, 0.15) is 43.5 Å². The van der Waals surface area contributed by atoms with Crippen molar-refractivity contribution in [2.24, 2.45) is 5.92 Å². The van der Waals surface area contributed by atoms with Crippen molar-refractivity contribution in [2.75, 3.05) is 31.0 Å². The molecule has 0 heterocycles. The van der Waals surface area contributed by atoms with Crippen LogP contribution in [0.4, 0.5) is 11.4 Å². The van der Waals surface area contributed by atoms with Crippen LogP contribution in [-0.2, 0) is 23.9 Å². The number of esters is 2. The SMILES string of the molecule is COc1ccccc1NC(=O)CCCC(=O)OCC(=O)Nc1ccc(C(=O)OCC(C)C)cc1. The summed E-state index contributed by atoms with van der Waals surface area (Å²) in [6.07, 6.45) is 0.390. The van der Waals surface area contributed by atoms with Crippen molar-refractivity contribution < 1.29 is 33.4 Å². The standard InChI is InChI=1S/C25H30N2O7/c1-17(2)15-34-25(31)18-11-13-19(14-12-18)26-23(29)16-33-24(30)10-6-9-22(28)27-20-7-4-5-8-21(20)32-3/h4-5,7-8,11-14,17H,6,9-10,15-16H2,1-3H3,(H,26,29)(H,27,28). The monoisotopic (exact) mass is 470 g/mol. The maximum Gasteiger partial charge on any atom is 0.338 e. The molecule has 0 unspecified atom stereocenters. The molecule has 2 aromatic carbocycles. The normalized spacial score (nSPS) is 10.4. The topological polar surface area (TPSA) is 120 Å². The number of benzene rings is 2. The van der Waals surface area contributed by atoms with E-state index in [2.05, 4.69) is 10.6 Å². The van der Waals surface area contributed by atoms with E-state index in [0.29, 0.717) is 29.3 Å². The highest BCUT2D eigenvalue weighted by Crippen LogP contribution is 2.23. The van der Waals surface area contributed by atoms with Gasteiger partial charge in [0.05, 0.1) is 25.0 Å². The van der Waals surface area contributed by atoms with Gasteiger partial charge in [0.15, 0.2) is 6.61 Å². The maximum atomic E-state index is 12.1. The van der Waals surface area contributed by atoms with Crippen LogP contribution in [0.5, 0.6) is 5.75 Å². The zero-order valence-electron chi connectivity index (χ0n) is 19.6. The van der Waals surface area contributed by atoms with Gasteiger partial charge in [0.25, 0.3) is 5.91 Å². The largest absolute Gasteiger partial charge is 0.495 e. The Morgan fingerprint density at radius 2 is 1.56 bits per heavy atom. The first-order chi connectivity index (χ1) is 16.3. The Kier molecular flexibility index (Phi) is 10.6. The average molecular weight is 471 g/mol. The third kappa shape index (κ3) is 9.32. The summed E-state index contributed by atoms with van der Waals surface area (Å²) >= 11 is 0. The first kappa shape index (κ1) is 26.4. The smallest absolute Gasteiger partial charge is 0.338 e. The molecule has 0 spiro atoms. The number of anilines is 2. The van der Waals surface area contributed by atoms with Gasteiger partial charge in [0.2, 0.25) is 5.91 Å². The van der Waals surface area contributed by atoms with Gasteiger partial charge in [-0.2, -0.15) is 0 Å². The van der Waals surface area contributed by atoms with Crippen LogP contribution < -0.4 is 15.4 Å². The molecular formula is C25H30N2O7. The molecule has 0 bridgehead atoms. The molecule has 0 aromatic heterocycles. The number of rotatable bonds is 12. The van der Waals surface area contributed by atoms with E-state index < -0.39 is 24.5 Å². The highest BCUT2D eigenvalue weighted by Gasteiger charge is 2.12. The van der Waals surface area contributed by atoms with Crippen molar-refractivity contribution in [3.8, 4) is 5.75 Å². The van der Waals surface area contributed by atoms with Crippen LogP contribution in [0, 0.1) is 5.92 Å². The van der Waals surface area contributed by atoms with Gasteiger partial charge in [0.1, 0.15) is 5.75 Å². The second kappa shape index (κ2) is 13.6. The van der Waals surface area contributed by atoms with Gasteiger partial charge in [-0.1, -0.05) is 26.0 Å². The number of amides is 2. The van der Waals surface area contributed by atoms with Crippen molar-refractivity contribution in [2.45, 2.75) is 33.1 Å². The van der Waals surface area contributed by atoms with Gasteiger partial charge in [-0.05, 0) is 48.7 Å². The van der Waals surface area contributed by atoms with Crippen molar-refractivity contribution in [3.63, 3.8) is 0 Å². The minimum atomic E-state index is -0.580. The van der Waals surface area contributed by atoms with Crippen LogP contribution in [0.25, 0.3) is 0 Å². The summed E-state index contributed by atoms with van der Waals surface area (Å²) < 4.78 is 15.3. The molecule has 2 rings (SSSR count). The maximum absolute atomic E-state index is 12.1. The van der Waals surface area contributed by atoms with Crippen LogP contribution in [0.3, 0.4) is 0 Å². The van der Waals surface area contributed by atoms with E-state index in [1.54, 1.807) is 48.5 Å². The van der Waals surface area contributed by atoms with Crippen molar-refractivity contribution in [1.29, 1.82) is 0 Å². The summed E-state index contributed by atoms with van der Waals surface area (Å²) in [6.45, 7) is 3.76. The minimum absolute atomic E-state index is 0.000188. The van der Waals surface area contributed by atoms with Gasteiger partial charge in [-0.15, -0.1) is 0 Å². The van der Waals surface area contributed by atoms with Crippen molar-refractivity contribution in [3.05, 3.63) is 54.1 Å². The van der Waals surface area contributed by atoms with E-state index in [9.17, 15) is 19.2 Å². The molecule has 9 heteroatoms. The number of hydrogen-bond donors (Lipinski definition) is 2. The van der Waals surface area contributed by atoms with Crippen LogP contribution in [0.2, 0.25) is 0 Å². The van der Waals surface area contributed by atoms with Crippen molar-refractivity contribution in [1.82, 2.24) is 0 Å². The number of para-hydroxylation sites is 2. The number of carbonyl (C=O) groups excluding carboxylic acids is 4. The number of nitrogens with one attached hydrogen (secondary N) is 2. The van der Waals surface area contributed by atoms with Crippen LogP contribution in [0.15, 0.2) is 48.5 Å². The summed E-state index contributed by atoms with van der Waals surface area (Å²) in [6, 6.07) is 13.2. The van der Waals surface area contributed by atoms with E-state index in [4.69, 9.17) is 14.2 Å². The lowest BCUT2D eigenvalue weighted by Gasteiger charge is -2.10. The number of ether oxygens (including phenoxy) is 3. The molecule has 182 valence electrons. The molecule has 2 N–H and O–H groups in total. The fourth-order valence-electron chi connectivity index (χ4n) is 2.78. The molecule has 0 aliphatic heterocycles. The fraction of sp³-hybridized carbons (Fsp3) is 0.360. The molecule has 0 saturated heterocycles. The Hall–Kier alpha value is -3.88. The molecule has 2 aromatic rings. The van der Waals surface area contributed by atoms with E-state index in [1.165, 1.54) is 7.11 Å². The first-order valence-corrected chi connectivity index (χ1v) is 10.9. The summed E-state index contributed by atoms with van der Waals surface area (Å²) in [5.74, 6) is -1.01. The third-order valence-corrected chi connectivity index (χ3v) is 4.48. The van der Waals surface area contributed by atoms with E-state index in [1.807, 2.05) is 13.8 Å². The molecule has 0 aliphatic rings. The van der Waals surface area contributed by atoms with Gasteiger partial charge < -0.3 is 24.8 Å². The summed E-state index contributed by atoms with van der Waals surface area (Å²) in [5, 5.41) is 5.31. The lowest BCUT2D eigenvalue weighted by atomic mass is 10.2. The lowest BCUT2D eigenvalue weighted by molar-refractivity contribution is -0.147. The Labute approximate surface area is 198 Å². The molecular weight excluding hydrogens is 440 g/mol. The molecule has 9 nitrogen and oxygen atoms in total. The summed E-state index contributed by atoms with van der Waals surface area (Å²) in [4.78, 5) is 47.8. The van der Waals surface area contributed by atoms with E-state index in [0.717, 1.165) is 0 Å². The Balaban J connectivity index is 1.66. The molecule has 0 radical (unpaired) electrons. The predicted molar refractivity (Wildman–Crippen MR) is 127 cm³/mol. The first-order valence-electron chi connectivity index (χ1n) is 10.9. The molecule has 0 atom stereocenters. The summed E-state index contributed by atoms with van der Waals surface area (Å²) in [5.41, 5.74) is 1.38. The number of methoxy groups -OCH3 is 1. The average Bonchev–Trinajstić information content (AvgIpc) is 2.82. The zero-order chi connectivity index (χ0) is 24.9. The Bertz CT molecular complexity index is 987. The molecule has 0 saturated carbocycles. The highest BCUT2D eigenvalue weighted by molar-refractivity contribution is 5.94. The Morgan fingerprint density at radius 1 is 0.853 bits per heavy atom. The van der Waals surface area contributed by atoms with E-state index >= 15 is 0 Å². The number of hydrogen-bond acceptors (Lipinski definition) is 7. The molecule has 0 fully saturated rings. The Morgan fingerprint density at radius 3 is 2.24 bits per heavy atom. The fourth-order valence-corrected chi connectivity index (χ4v) is 2.78. The van der Waals surface area contributed by atoms with Crippen LogP contribution in [-0.4, -0.2) is 44.1 Å². The summed E-state index contributed by atoms with van der Waals surface area (Å²) in [7, 11) is 1.51. The minimum Gasteiger partial charge on any atom is -0.495 e. The molecule has 2 amide bonds. The molecule has 34 heavy (non-hydrogen) atoms. The van der Waals surface area contributed by atoms with Crippen LogP contribution >= 0.6 is 0 Å². The highest BCUT2D eigenvalue weighted by atomic mass is 16.5.